The Hall–Kier alpha value is -1.16. The zero-order valence-electron chi connectivity index (χ0n) is 10.9. The molecule has 100 valence electrons. The molecule has 1 saturated heterocycles. The molecular weight excluding hydrogens is 231 g/mol. The zero-order valence-corrected chi connectivity index (χ0v) is 10.9. The van der Waals surface area contributed by atoms with Gasteiger partial charge in [-0.1, -0.05) is 19.8 Å². The lowest BCUT2D eigenvalue weighted by Crippen LogP contribution is -2.51. The predicted octanol–water partition coefficient (Wildman–Crippen LogP) is 2.86. The van der Waals surface area contributed by atoms with E-state index in [1.54, 1.807) is 6.07 Å². The highest BCUT2D eigenvalue weighted by atomic mass is 19.1. The van der Waals surface area contributed by atoms with Gasteiger partial charge in [0.15, 0.2) is 0 Å². The van der Waals surface area contributed by atoms with Crippen LogP contribution in [0, 0.1) is 5.95 Å². The summed E-state index contributed by atoms with van der Waals surface area (Å²) >= 11 is 0. The first-order valence-electron chi connectivity index (χ1n) is 6.78. The summed E-state index contributed by atoms with van der Waals surface area (Å²) in [7, 11) is 0. The third-order valence-electron chi connectivity index (χ3n) is 3.46. The Morgan fingerprint density at radius 3 is 2.94 bits per heavy atom. The van der Waals surface area contributed by atoms with Gasteiger partial charge in [-0.05, 0) is 31.5 Å². The van der Waals surface area contributed by atoms with Crippen LogP contribution in [0.1, 0.15) is 32.6 Å². The van der Waals surface area contributed by atoms with Crippen LogP contribution in [-0.2, 0) is 0 Å². The summed E-state index contributed by atoms with van der Waals surface area (Å²) in [6.45, 7) is 5.25. The molecule has 0 saturated carbocycles. The van der Waals surface area contributed by atoms with Gasteiger partial charge < -0.3 is 4.74 Å². The molecule has 0 unspecified atom stereocenters. The van der Waals surface area contributed by atoms with E-state index in [9.17, 15) is 4.39 Å². The number of likely N-dealkylation sites (tertiary alicyclic amines) is 1. The second kappa shape index (κ2) is 6.69. The molecule has 18 heavy (non-hydrogen) atoms. The molecule has 2 rings (SSSR count). The molecule has 0 aliphatic carbocycles. The summed E-state index contributed by atoms with van der Waals surface area (Å²) in [6, 6.07) is 3.48. The van der Waals surface area contributed by atoms with Crippen molar-refractivity contribution < 1.29 is 9.13 Å². The van der Waals surface area contributed by atoms with E-state index in [1.165, 1.54) is 51.0 Å². The van der Waals surface area contributed by atoms with Crippen LogP contribution in [0.3, 0.4) is 0 Å². The van der Waals surface area contributed by atoms with Gasteiger partial charge in [-0.15, -0.1) is 0 Å². The number of hydrogen-bond donors (Lipinski definition) is 0. The van der Waals surface area contributed by atoms with Crippen LogP contribution in [0.25, 0.3) is 0 Å². The lowest BCUT2D eigenvalue weighted by molar-refractivity contribution is 0.0492. The minimum absolute atomic E-state index is 0.466. The van der Waals surface area contributed by atoms with Gasteiger partial charge in [0.05, 0.1) is 6.20 Å². The van der Waals surface area contributed by atoms with Crippen LogP contribution in [0.4, 0.5) is 4.39 Å². The second-order valence-electron chi connectivity index (χ2n) is 4.81. The molecule has 1 fully saturated rings. The van der Waals surface area contributed by atoms with Crippen molar-refractivity contribution in [3.8, 4) is 5.75 Å². The molecule has 1 aliphatic rings. The van der Waals surface area contributed by atoms with Gasteiger partial charge in [-0.2, -0.15) is 4.39 Å². The molecule has 0 aromatic carbocycles. The monoisotopic (exact) mass is 252 g/mol. The smallest absolute Gasteiger partial charge is 0.213 e. The normalized spacial score (nSPS) is 19.6. The molecule has 0 spiro atoms. The van der Waals surface area contributed by atoms with E-state index in [0.717, 1.165) is 0 Å². The minimum Gasteiger partial charge on any atom is -0.490 e. The van der Waals surface area contributed by atoms with Crippen molar-refractivity contribution in [2.45, 2.75) is 38.6 Å². The molecule has 1 aliphatic heterocycles. The molecule has 2 heterocycles. The zero-order chi connectivity index (χ0) is 12.8. The lowest BCUT2D eigenvalue weighted by Gasteiger charge is -2.40. The number of aromatic nitrogens is 1. The number of rotatable bonds is 7. The Labute approximate surface area is 108 Å². The van der Waals surface area contributed by atoms with E-state index < -0.39 is 5.95 Å². The van der Waals surface area contributed by atoms with Gasteiger partial charge in [0, 0.05) is 12.6 Å². The van der Waals surface area contributed by atoms with Crippen molar-refractivity contribution in [3.63, 3.8) is 0 Å². The number of pyridine rings is 1. The maximum absolute atomic E-state index is 12.6. The van der Waals surface area contributed by atoms with Crippen LogP contribution in [-0.4, -0.2) is 35.6 Å². The Kier molecular flexibility index (Phi) is 4.93. The van der Waals surface area contributed by atoms with Crippen molar-refractivity contribution in [3.05, 3.63) is 24.3 Å². The molecule has 4 heteroatoms. The standard InChI is InChI=1S/C14H21FN2O/c1-2-3-4-8-17-9-7-12(17)11-18-13-5-6-14(15)16-10-13/h5-6,10,12H,2-4,7-9,11H2,1H3/t12-/m1/s1. The topological polar surface area (TPSA) is 25.4 Å². The summed E-state index contributed by atoms with van der Waals surface area (Å²) in [5.41, 5.74) is 0. The molecule has 0 N–H and O–H groups in total. The minimum atomic E-state index is -0.466. The van der Waals surface area contributed by atoms with E-state index >= 15 is 0 Å². The number of halogens is 1. The van der Waals surface area contributed by atoms with Crippen LogP contribution in [0.15, 0.2) is 18.3 Å². The van der Waals surface area contributed by atoms with Crippen molar-refractivity contribution in [2.24, 2.45) is 0 Å². The maximum Gasteiger partial charge on any atom is 0.213 e. The van der Waals surface area contributed by atoms with E-state index in [0.29, 0.717) is 18.4 Å². The molecule has 1 atom stereocenters. The van der Waals surface area contributed by atoms with Crippen molar-refractivity contribution in [1.29, 1.82) is 0 Å². The van der Waals surface area contributed by atoms with Crippen LogP contribution in [0.2, 0.25) is 0 Å². The summed E-state index contributed by atoms with van der Waals surface area (Å²) in [5, 5.41) is 0. The fourth-order valence-electron chi connectivity index (χ4n) is 2.18. The highest BCUT2D eigenvalue weighted by molar-refractivity contribution is 5.16. The molecular formula is C14H21FN2O. The quantitative estimate of drug-likeness (QED) is 0.551. The molecule has 0 amide bonds. The van der Waals surface area contributed by atoms with Gasteiger partial charge >= 0.3 is 0 Å². The number of unbranched alkanes of at least 4 members (excludes halogenated alkanes) is 2. The maximum atomic E-state index is 12.6. The molecule has 3 nitrogen and oxygen atoms in total. The Morgan fingerprint density at radius 1 is 1.44 bits per heavy atom. The van der Waals surface area contributed by atoms with Gasteiger partial charge in [-0.25, -0.2) is 4.98 Å². The highest BCUT2D eigenvalue weighted by Gasteiger charge is 2.27. The van der Waals surface area contributed by atoms with Crippen LogP contribution >= 0.6 is 0 Å². The Balaban J connectivity index is 1.68. The Morgan fingerprint density at radius 2 is 2.33 bits per heavy atom. The van der Waals surface area contributed by atoms with Crippen molar-refractivity contribution in [1.82, 2.24) is 9.88 Å². The van der Waals surface area contributed by atoms with E-state index in [2.05, 4.69) is 16.8 Å². The second-order valence-corrected chi connectivity index (χ2v) is 4.81. The third kappa shape index (κ3) is 3.67. The average Bonchev–Trinajstić information content (AvgIpc) is 2.36. The first-order valence-corrected chi connectivity index (χ1v) is 6.78. The first-order chi connectivity index (χ1) is 8.79. The van der Waals surface area contributed by atoms with Gasteiger partial charge in [0.2, 0.25) is 5.95 Å². The van der Waals surface area contributed by atoms with Crippen LogP contribution in [0.5, 0.6) is 5.75 Å². The fraction of sp³-hybridized carbons (Fsp3) is 0.643. The van der Waals surface area contributed by atoms with Gasteiger partial charge in [0.25, 0.3) is 0 Å². The molecule has 1 aromatic heterocycles. The first kappa shape index (κ1) is 13.3. The summed E-state index contributed by atoms with van der Waals surface area (Å²) in [5.74, 6) is 0.184. The molecule has 1 aromatic rings. The van der Waals surface area contributed by atoms with E-state index in [4.69, 9.17) is 4.74 Å². The van der Waals surface area contributed by atoms with E-state index in [1.807, 2.05) is 0 Å². The molecule has 0 radical (unpaired) electrons. The molecule has 0 bridgehead atoms. The number of ether oxygens (including phenoxy) is 1. The van der Waals surface area contributed by atoms with Crippen molar-refractivity contribution >= 4 is 0 Å². The highest BCUT2D eigenvalue weighted by Crippen LogP contribution is 2.19. The Bertz CT molecular complexity index is 355. The lowest BCUT2D eigenvalue weighted by atomic mass is 10.0. The number of hydrogen-bond acceptors (Lipinski definition) is 3. The predicted molar refractivity (Wildman–Crippen MR) is 69.2 cm³/mol. The largest absolute Gasteiger partial charge is 0.490 e. The average molecular weight is 252 g/mol. The summed E-state index contributed by atoms with van der Waals surface area (Å²) < 4.78 is 18.3. The van der Waals surface area contributed by atoms with Crippen LogP contribution < -0.4 is 4.74 Å². The summed E-state index contributed by atoms with van der Waals surface area (Å²) in [6.07, 6.45) is 6.46. The summed E-state index contributed by atoms with van der Waals surface area (Å²) in [4.78, 5) is 6.04. The van der Waals surface area contributed by atoms with Gasteiger partial charge in [-0.3, -0.25) is 4.90 Å². The van der Waals surface area contributed by atoms with Gasteiger partial charge in [0.1, 0.15) is 12.4 Å². The van der Waals surface area contributed by atoms with E-state index in [-0.39, 0.29) is 0 Å². The number of nitrogens with zero attached hydrogens (tertiary/aromatic N) is 2. The third-order valence-corrected chi connectivity index (χ3v) is 3.46. The van der Waals surface area contributed by atoms with Crippen molar-refractivity contribution in [2.75, 3.05) is 19.7 Å². The SMILES string of the molecule is CCCCCN1CC[C@@H]1COc1ccc(F)nc1. The fourth-order valence-corrected chi connectivity index (χ4v) is 2.18.